The molecular formula is C29H29N3O5S2. The molecule has 0 spiro atoms. The number of aryl methyl sites for hydroxylation is 4. The van der Waals surface area contributed by atoms with E-state index in [0.717, 1.165) is 16.7 Å². The van der Waals surface area contributed by atoms with Crippen LogP contribution < -0.4 is 14.8 Å². The number of anilines is 3. The summed E-state index contributed by atoms with van der Waals surface area (Å²) >= 11 is 0. The average molecular weight is 564 g/mol. The highest BCUT2D eigenvalue weighted by atomic mass is 32.2. The van der Waals surface area contributed by atoms with Crippen LogP contribution in [0.3, 0.4) is 0 Å². The van der Waals surface area contributed by atoms with Gasteiger partial charge in [-0.1, -0.05) is 35.4 Å². The molecule has 0 radical (unpaired) electrons. The van der Waals surface area contributed by atoms with Crippen LogP contribution in [0.5, 0.6) is 0 Å². The minimum absolute atomic E-state index is 0.0570. The van der Waals surface area contributed by atoms with Crippen molar-refractivity contribution in [2.45, 2.75) is 37.5 Å². The van der Waals surface area contributed by atoms with E-state index in [1.807, 2.05) is 32.9 Å². The minimum Gasteiger partial charge on any atom is -0.322 e. The van der Waals surface area contributed by atoms with Gasteiger partial charge in [0.05, 0.1) is 21.2 Å². The SMILES string of the molecule is Cc1ccc(S(=O)(=O)Nc2ccc(C(=O)Nc3ccc(S(=O)(=O)Nc4ccc(C)cc4C)cc3)cc2C)cc1. The van der Waals surface area contributed by atoms with E-state index in [0.29, 0.717) is 28.2 Å². The predicted molar refractivity (Wildman–Crippen MR) is 154 cm³/mol. The molecule has 0 aliphatic carbocycles. The van der Waals surface area contributed by atoms with Crippen molar-refractivity contribution in [2.24, 2.45) is 0 Å². The summed E-state index contributed by atoms with van der Waals surface area (Å²) in [5, 5.41) is 2.74. The summed E-state index contributed by atoms with van der Waals surface area (Å²) in [6.45, 7) is 7.34. The van der Waals surface area contributed by atoms with Gasteiger partial charge in [0.1, 0.15) is 0 Å². The molecule has 0 unspecified atom stereocenters. The molecule has 8 nitrogen and oxygen atoms in total. The Balaban J connectivity index is 1.44. The molecule has 1 amide bonds. The van der Waals surface area contributed by atoms with Crippen LogP contribution in [-0.2, 0) is 20.0 Å². The molecule has 0 saturated carbocycles. The Morgan fingerprint density at radius 3 is 1.54 bits per heavy atom. The summed E-state index contributed by atoms with van der Waals surface area (Å²) in [7, 11) is -7.59. The summed E-state index contributed by atoms with van der Waals surface area (Å²) in [5.74, 6) is -0.421. The molecule has 0 bridgehead atoms. The van der Waals surface area contributed by atoms with Crippen LogP contribution in [0, 0.1) is 27.7 Å². The summed E-state index contributed by atoms with van der Waals surface area (Å²) in [5.41, 5.74) is 4.95. The number of rotatable bonds is 8. The first-order chi connectivity index (χ1) is 18.3. The molecule has 39 heavy (non-hydrogen) atoms. The Labute approximate surface area is 229 Å². The monoisotopic (exact) mass is 563 g/mol. The second kappa shape index (κ2) is 10.9. The third kappa shape index (κ3) is 6.65. The van der Waals surface area contributed by atoms with Crippen molar-refractivity contribution in [3.05, 3.63) is 113 Å². The van der Waals surface area contributed by atoms with Gasteiger partial charge in [-0.15, -0.1) is 0 Å². The quantitative estimate of drug-likeness (QED) is 0.251. The van der Waals surface area contributed by atoms with E-state index < -0.39 is 26.0 Å². The number of amides is 1. The zero-order chi connectivity index (χ0) is 28.4. The van der Waals surface area contributed by atoms with E-state index in [1.165, 1.54) is 48.5 Å². The zero-order valence-corrected chi connectivity index (χ0v) is 23.6. The number of carbonyl (C=O) groups excluding carboxylic acids is 1. The van der Waals surface area contributed by atoms with E-state index >= 15 is 0 Å². The van der Waals surface area contributed by atoms with Gasteiger partial charge in [-0.3, -0.25) is 14.2 Å². The van der Waals surface area contributed by atoms with Crippen molar-refractivity contribution in [2.75, 3.05) is 14.8 Å². The molecule has 4 rings (SSSR count). The van der Waals surface area contributed by atoms with Crippen LogP contribution in [0.2, 0.25) is 0 Å². The first kappa shape index (κ1) is 27.9. The lowest BCUT2D eigenvalue weighted by Gasteiger charge is -2.13. The van der Waals surface area contributed by atoms with E-state index in [2.05, 4.69) is 14.8 Å². The summed E-state index contributed by atoms with van der Waals surface area (Å²) in [6, 6.07) is 22.4. The van der Waals surface area contributed by atoms with Gasteiger partial charge < -0.3 is 5.32 Å². The normalized spacial score (nSPS) is 11.6. The van der Waals surface area contributed by atoms with Crippen molar-refractivity contribution in [3.63, 3.8) is 0 Å². The maximum Gasteiger partial charge on any atom is 0.261 e. The van der Waals surface area contributed by atoms with Gasteiger partial charge in [0.2, 0.25) is 0 Å². The standard InChI is InChI=1S/C29H29N3O5S2/c1-19-5-11-25(12-6-19)38(34,35)32-28-16-8-23(18-22(28)4)29(33)30-24-9-13-26(14-10-24)39(36,37)31-27-15-7-20(2)17-21(27)3/h5-18,31-32H,1-4H3,(H,30,33). The zero-order valence-electron chi connectivity index (χ0n) is 21.9. The predicted octanol–water partition coefficient (Wildman–Crippen LogP) is 5.77. The summed E-state index contributed by atoms with van der Waals surface area (Å²) < 4.78 is 56.2. The van der Waals surface area contributed by atoms with E-state index in [-0.39, 0.29) is 9.79 Å². The van der Waals surface area contributed by atoms with E-state index in [9.17, 15) is 21.6 Å². The molecule has 0 aromatic heterocycles. The van der Waals surface area contributed by atoms with Crippen LogP contribution in [0.25, 0.3) is 0 Å². The van der Waals surface area contributed by atoms with Crippen molar-refractivity contribution < 1.29 is 21.6 Å². The Hall–Kier alpha value is -4.15. The lowest BCUT2D eigenvalue weighted by molar-refractivity contribution is 0.102. The molecule has 4 aromatic rings. The fourth-order valence-corrected chi connectivity index (χ4v) is 6.15. The molecular weight excluding hydrogens is 534 g/mol. The average Bonchev–Trinajstić information content (AvgIpc) is 2.87. The number of sulfonamides is 2. The largest absolute Gasteiger partial charge is 0.322 e. The van der Waals surface area contributed by atoms with Gasteiger partial charge in [0.25, 0.3) is 26.0 Å². The highest BCUT2D eigenvalue weighted by molar-refractivity contribution is 7.93. The number of hydrogen-bond donors (Lipinski definition) is 3. The first-order valence-corrected chi connectivity index (χ1v) is 15.0. The maximum absolute atomic E-state index is 12.8. The van der Waals surface area contributed by atoms with Gasteiger partial charge in [-0.2, -0.15) is 0 Å². The second-order valence-electron chi connectivity index (χ2n) is 9.35. The number of carbonyl (C=O) groups is 1. The van der Waals surface area contributed by atoms with Crippen LogP contribution in [-0.4, -0.2) is 22.7 Å². The summed E-state index contributed by atoms with van der Waals surface area (Å²) in [6.07, 6.45) is 0. The molecule has 10 heteroatoms. The van der Waals surface area contributed by atoms with Crippen molar-refractivity contribution in [1.29, 1.82) is 0 Å². The highest BCUT2D eigenvalue weighted by Crippen LogP contribution is 2.24. The third-order valence-corrected chi connectivity index (χ3v) is 8.88. The number of hydrogen-bond acceptors (Lipinski definition) is 5. The van der Waals surface area contributed by atoms with Gasteiger partial charge in [-0.05, 0) is 99.5 Å². The Bertz CT molecular complexity index is 1750. The van der Waals surface area contributed by atoms with E-state index in [4.69, 9.17) is 0 Å². The molecule has 0 heterocycles. The van der Waals surface area contributed by atoms with Gasteiger partial charge in [-0.25, -0.2) is 16.8 Å². The fraction of sp³-hybridized carbons (Fsp3) is 0.138. The van der Waals surface area contributed by atoms with Crippen molar-refractivity contribution in [3.8, 4) is 0 Å². The number of benzene rings is 4. The first-order valence-electron chi connectivity index (χ1n) is 12.1. The van der Waals surface area contributed by atoms with Crippen LogP contribution in [0.1, 0.15) is 32.6 Å². The molecule has 0 saturated heterocycles. The Morgan fingerprint density at radius 2 is 1.03 bits per heavy atom. The molecule has 0 aliphatic heterocycles. The molecule has 202 valence electrons. The van der Waals surface area contributed by atoms with Crippen LogP contribution >= 0.6 is 0 Å². The van der Waals surface area contributed by atoms with E-state index in [1.54, 1.807) is 31.2 Å². The lowest BCUT2D eigenvalue weighted by atomic mass is 10.1. The molecule has 0 fully saturated rings. The second-order valence-corrected chi connectivity index (χ2v) is 12.7. The topological polar surface area (TPSA) is 121 Å². The van der Waals surface area contributed by atoms with Crippen molar-refractivity contribution in [1.82, 2.24) is 0 Å². The minimum atomic E-state index is -3.81. The molecule has 0 aliphatic rings. The van der Waals surface area contributed by atoms with Gasteiger partial charge in [0, 0.05) is 11.3 Å². The van der Waals surface area contributed by atoms with Crippen molar-refractivity contribution >= 4 is 43.0 Å². The summed E-state index contributed by atoms with van der Waals surface area (Å²) in [4.78, 5) is 13.0. The van der Waals surface area contributed by atoms with Crippen LogP contribution in [0.15, 0.2) is 94.7 Å². The fourth-order valence-electron chi connectivity index (χ4n) is 3.89. The van der Waals surface area contributed by atoms with Gasteiger partial charge >= 0.3 is 0 Å². The molecule has 0 atom stereocenters. The third-order valence-electron chi connectivity index (χ3n) is 6.11. The smallest absolute Gasteiger partial charge is 0.261 e. The number of nitrogens with one attached hydrogen (secondary N) is 3. The lowest BCUT2D eigenvalue weighted by Crippen LogP contribution is -2.16. The Kier molecular flexibility index (Phi) is 7.80. The van der Waals surface area contributed by atoms with Crippen LogP contribution in [0.4, 0.5) is 17.1 Å². The Morgan fingerprint density at radius 1 is 0.564 bits per heavy atom. The maximum atomic E-state index is 12.8. The highest BCUT2D eigenvalue weighted by Gasteiger charge is 2.18. The molecule has 3 N–H and O–H groups in total. The molecule has 4 aromatic carbocycles. The van der Waals surface area contributed by atoms with Gasteiger partial charge in [0.15, 0.2) is 0 Å².